The highest BCUT2D eigenvalue weighted by molar-refractivity contribution is 5.69. The van der Waals surface area contributed by atoms with Crippen LogP contribution in [0.4, 0.5) is 4.79 Å². The lowest BCUT2D eigenvalue weighted by molar-refractivity contribution is -0.0342. The molecule has 0 aromatic rings. The van der Waals surface area contributed by atoms with Crippen molar-refractivity contribution in [3.05, 3.63) is 0 Å². The molecule has 3 rings (SSSR count). The van der Waals surface area contributed by atoms with Gasteiger partial charge in [-0.3, -0.25) is 4.90 Å². The molecule has 3 aliphatic rings. The zero-order valence-corrected chi connectivity index (χ0v) is 12.4. The first-order valence-corrected chi connectivity index (χ1v) is 7.01. The molecule has 2 bridgehead atoms. The normalized spacial score (nSPS) is 36.5. The van der Waals surface area contributed by atoms with Crippen LogP contribution in [0.2, 0.25) is 0 Å². The number of amides is 1. The van der Waals surface area contributed by atoms with Crippen LogP contribution in [0.1, 0.15) is 34.1 Å². The van der Waals surface area contributed by atoms with Crippen LogP contribution in [-0.4, -0.2) is 58.9 Å². The van der Waals surface area contributed by atoms with E-state index >= 15 is 0 Å². The van der Waals surface area contributed by atoms with Crippen LogP contribution in [0.25, 0.3) is 0 Å². The molecule has 3 atom stereocenters. The van der Waals surface area contributed by atoms with Crippen molar-refractivity contribution in [3.8, 4) is 0 Å². The zero-order valence-electron chi connectivity index (χ0n) is 12.4. The quantitative estimate of drug-likeness (QED) is 0.774. The summed E-state index contributed by atoms with van der Waals surface area (Å²) in [4.78, 5) is 25.6. The van der Waals surface area contributed by atoms with Crippen molar-refractivity contribution in [1.82, 2.24) is 15.3 Å². The molecule has 0 radical (unpaired) electrons. The highest BCUT2D eigenvalue weighted by Gasteiger charge is 2.53. The molecule has 7 heteroatoms. The average molecular weight is 282 g/mol. The van der Waals surface area contributed by atoms with Crippen molar-refractivity contribution in [1.29, 1.82) is 0 Å². The van der Waals surface area contributed by atoms with E-state index < -0.39 is 11.4 Å². The molecule has 1 N–H and O–H groups in total. The predicted octanol–water partition coefficient (Wildman–Crippen LogP) is 0.917. The van der Waals surface area contributed by atoms with Gasteiger partial charge in [0, 0.05) is 25.2 Å². The summed E-state index contributed by atoms with van der Waals surface area (Å²) in [6.45, 7) is 9.12. The first kappa shape index (κ1) is 13.6. The van der Waals surface area contributed by atoms with Gasteiger partial charge in [0.15, 0.2) is 12.2 Å². The predicted molar refractivity (Wildman–Crippen MR) is 73.0 cm³/mol. The van der Waals surface area contributed by atoms with E-state index in [0.29, 0.717) is 12.6 Å². The molecule has 112 valence electrons. The van der Waals surface area contributed by atoms with Crippen molar-refractivity contribution in [2.24, 2.45) is 4.99 Å². The summed E-state index contributed by atoms with van der Waals surface area (Å²) in [5, 5.41) is 0. The van der Waals surface area contributed by atoms with Crippen molar-refractivity contribution in [2.75, 3.05) is 13.1 Å². The van der Waals surface area contributed by atoms with Gasteiger partial charge < -0.3 is 14.5 Å². The van der Waals surface area contributed by atoms with Crippen LogP contribution in [0.15, 0.2) is 4.99 Å². The van der Waals surface area contributed by atoms with Gasteiger partial charge in [-0.15, -0.1) is 5.48 Å². The van der Waals surface area contributed by atoms with Crippen molar-refractivity contribution in [2.45, 2.75) is 57.6 Å². The van der Waals surface area contributed by atoms with Gasteiger partial charge in [0.2, 0.25) is 0 Å². The summed E-state index contributed by atoms with van der Waals surface area (Å²) in [6.07, 6.45) is 2.18. The second kappa shape index (κ2) is 4.33. The first-order valence-electron chi connectivity index (χ1n) is 7.01. The fourth-order valence-corrected chi connectivity index (χ4v) is 3.17. The Hall–Kier alpha value is -1.34. The fourth-order valence-electron chi connectivity index (χ4n) is 3.17. The number of hydroxylamine groups is 1. The molecule has 20 heavy (non-hydrogen) atoms. The summed E-state index contributed by atoms with van der Waals surface area (Å²) in [7, 11) is 0. The van der Waals surface area contributed by atoms with E-state index in [-0.39, 0.29) is 12.1 Å². The Labute approximate surface area is 118 Å². The molecule has 0 aliphatic carbocycles. The number of hydrogen-bond acceptors (Lipinski definition) is 6. The Bertz CT molecular complexity index is 447. The van der Waals surface area contributed by atoms with Gasteiger partial charge in [-0.1, -0.05) is 0 Å². The van der Waals surface area contributed by atoms with Crippen molar-refractivity contribution >= 4 is 12.5 Å². The summed E-state index contributed by atoms with van der Waals surface area (Å²) < 4.78 is 5.46. The monoisotopic (exact) mass is 282 g/mol. The number of likely N-dealkylation sites (tertiary alicyclic amines) is 2. The molecule has 3 aliphatic heterocycles. The number of carbonyl (C=O) groups is 1. The van der Waals surface area contributed by atoms with Crippen LogP contribution in [0, 0.1) is 0 Å². The van der Waals surface area contributed by atoms with E-state index in [1.54, 1.807) is 0 Å². The molecule has 0 aromatic heterocycles. The van der Waals surface area contributed by atoms with Gasteiger partial charge >= 0.3 is 6.09 Å². The summed E-state index contributed by atoms with van der Waals surface area (Å²) in [5.74, 6) is -0.514. The highest BCUT2D eigenvalue weighted by atomic mass is 16.7. The molecule has 2 saturated heterocycles. The summed E-state index contributed by atoms with van der Waals surface area (Å²) >= 11 is 0. The summed E-state index contributed by atoms with van der Waals surface area (Å²) in [6, 6.07) is 0.494. The minimum absolute atomic E-state index is 0.198. The minimum atomic E-state index is -0.514. The number of fused-ring (bicyclic) bond motifs is 2. The van der Waals surface area contributed by atoms with E-state index in [1.165, 1.54) is 6.40 Å². The Morgan fingerprint density at radius 1 is 1.45 bits per heavy atom. The lowest BCUT2D eigenvalue weighted by Crippen LogP contribution is -2.60. The smallest absolute Gasteiger partial charge is 0.410 e. The number of piperazine rings is 1. The average Bonchev–Trinajstić information content (AvgIpc) is 3.00. The van der Waals surface area contributed by atoms with Crippen LogP contribution in [0.5, 0.6) is 0 Å². The number of carbonyl (C=O) groups excluding carboxylic acids is 1. The summed E-state index contributed by atoms with van der Waals surface area (Å²) in [5.41, 5.74) is 2.46. The Morgan fingerprint density at radius 3 is 2.70 bits per heavy atom. The van der Waals surface area contributed by atoms with E-state index in [4.69, 9.17) is 9.57 Å². The maximum atomic E-state index is 12.2. The molecular weight excluding hydrogens is 260 g/mol. The van der Waals surface area contributed by atoms with Crippen LogP contribution >= 0.6 is 0 Å². The largest absolute Gasteiger partial charge is 0.444 e. The molecular formula is C13H22N4O3. The number of nitrogens with zero attached hydrogens (tertiary/aromatic N) is 3. The van der Waals surface area contributed by atoms with Crippen molar-refractivity contribution in [3.63, 3.8) is 0 Å². The molecule has 1 amide bonds. The van der Waals surface area contributed by atoms with Crippen LogP contribution < -0.4 is 5.48 Å². The molecule has 0 spiro atoms. The van der Waals surface area contributed by atoms with Gasteiger partial charge in [0.1, 0.15) is 5.60 Å². The lowest BCUT2D eigenvalue weighted by Gasteiger charge is -2.40. The third-order valence-corrected chi connectivity index (χ3v) is 4.04. The molecule has 3 heterocycles. The van der Waals surface area contributed by atoms with E-state index in [1.807, 2.05) is 32.6 Å². The molecule has 7 nitrogen and oxygen atoms in total. The lowest BCUT2D eigenvalue weighted by atomic mass is 10.2. The van der Waals surface area contributed by atoms with E-state index in [9.17, 15) is 4.79 Å². The third kappa shape index (κ3) is 2.25. The number of nitrogens with one attached hydrogen (secondary N) is 1. The molecule has 2 fully saturated rings. The van der Waals surface area contributed by atoms with Crippen LogP contribution in [0.3, 0.4) is 0 Å². The zero-order chi connectivity index (χ0) is 14.5. The SMILES string of the molecule is CC(C)(C)OC(=O)N1C[C@H]2C[C@@H]1CN2C1(C)N=CON1. The molecule has 0 aromatic carbocycles. The van der Waals surface area contributed by atoms with Gasteiger partial charge in [0.25, 0.3) is 0 Å². The molecule has 1 unspecified atom stereocenters. The second-order valence-corrected chi connectivity index (χ2v) is 6.80. The Morgan fingerprint density at radius 2 is 2.20 bits per heavy atom. The third-order valence-electron chi connectivity index (χ3n) is 4.04. The minimum Gasteiger partial charge on any atom is -0.444 e. The number of ether oxygens (including phenoxy) is 1. The van der Waals surface area contributed by atoms with Gasteiger partial charge in [-0.2, -0.15) is 0 Å². The van der Waals surface area contributed by atoms with Gasteiger partial charge in [-0.05, 0) is 34.1 Å². The van der Waals surface area contributed by atoms with Crippen molar-refractivity contribution < 1.29 is 14.4 Å². The standard InChI is InChI=1S/C13H22N4O3/c1-12(2,3)20-11(18)16-6-10-5-9(16)7-17(10)13(4)14-8-19-15-13/h8-10,15H,5-7H2,1-4H3/t9-,10-,13?/m1/s1. The van der Waals surface area contributed by atoms with Crippen LogP contribution in [-0.2, 0) is 9.57 Å². The first-order chi connectivity index (χ1) is 9.28. The fraction of sp³-hybridized carbons (Fsp3) is 0.846. The van der Waals surface area contributed by atoms with Gasteiger partial charge in [-0.25, -0.2) is 9.79 Å². The highest BCUT2D eigenvalue weighted by Crippen LogP contribution is 2.36. The Balaban J connectivity index is 1.64. The Kier molecular flexibility index (Phi) is 2.95. The van der Waals surface area contributed by atoms with Gasteiger partial charge in [0.05, 0.1) is 0 Å². The number of hydrogen-bond donors (Lipinski definition) is 1. The maximum Gasteiger partial charge on any atom is 0.410 e. The number of aliphatic imine (C=N–C) groups is 1. The van der Waals surface area contributed by atoms with E-state index in [2.05, 4.69) is 15.4 Å². The topological polar surface area (TPSA) is 66.4 Å². The number of rotatable bonds is 1. The van der Waals surface area contributed by atoms with E-state index in [0.717, 1.165) is 13.0 Å². The molecule has 0 saturated carbocycles. The second-order valence-electron chi connectivity index (χ2n) is 6.80. The maximum absolute atomic E-state index is 12.2.